The topological polar surface area (TPSA) is 63.1 Å². The smallest absolute Gasteiger partial charge is 0.317 e. The van der Waals surface area contributed by atoms with Crippen molar-refractivity contribution in [2.45, 2.75) is 25.1 Å². The normalized spacial score (nSPS) is 18.0. The lowest BCUT2D eigenvalue weighted by Gasteiger charge is -2.31. The van der Waals surface area contributed by atoms with Crippen LogP contribution >= 0.6 is 11.8 Å². The Kier molecular flexibility index (Phi) is 5.17. The van der Waals surface area contributed by atoms with E-state index in [9.17, 15) is 4.79 Å². The maximum atomic E-state index is 12.3. The number of carbonyl (C=O) groups is 1. The molecule has 1 aliphatic heterocycles. The Labute approximate surface area is 140 Å². The van der Waals surface area contributed by atoms with E-state index in [4.69, 9.17) is 0 Å². The zero-order chi connectivity index (χ0) is 16.1. The highest BCUT2D eigenvalue weighted by Crippen LogP contribution is 2.20. The van der Waals surface area contributed by atoms with Gasteiger partial charge in [-0.1, -0.05) is 13.0 Å². The average molecular weight is 331 g/mol. The Morgan fingerprint density at radius 2 is 2.39 bits per heavy atom. The van der Waals surface area contributed by atoms with Crippen LogP contribution in [0.2, 0.25) is 0 Å². The maximum absolute atomic E-state index is 12.3. The summed E-state index contributed by atoms with van der Waals surface area (Å²) in [5.74, 6) is 1.79. The van der Waals surface area contributed by atoms with Crippen LogP contribution in [0, 0.1) is 0 Å². The molecule has 1 aliphatic rings. The standard InChI is InChI=1S/C16H21N5OS/c1-2-14-12-20(8-9-23-14)16(22)18-11-13-4-5-15(17-10-13)21-7-3-6-19-21/h3-7,10,14H,2,8-9,11-12H2,1H3,(H,18,22)/t14-/m0/s1. The number of hydrogen-bond acceptors (Lipinski definition) is 4. The predicted octanol–water partition coefficient (Wildman–Crippen LogP) is 2.30. The van der Waals surface area contributed by atoms with Crippen LogP contribution in [-0.4, -0.2) is 49.8 Å². The molecule has 2 amide bonds. The molecule has 1 N–H and O–H groups in total. The molecule has 1 fully saturated rings. The second-order valence-corrected chi connectivity index (χ2v) is 6.89. The summed E-state index contributed by atoms with van der Waals surface area (Å²) in [5, 5.41) is 7.69. The van der Waals surface area contributed by atoms with E-state index in [2.05, 4.69) is 22.3 Å². The summed E-state index contributed by atoms with van der Waals surface area (Å²) >= 11 is 1.96. The van der Waals surface area contributed by atoms with Gasteiger partial charge in [-0.05, 0) is 24.1 Å². The van der Waals surface area contributed by atoms with Gasteiger partial charge in [0.1, 0.15) is 0 Å². The lowest BCUT2D eigenvalue weighted by Crippen LogP contribution is -2.46. The van der Waals surface area contributed by atoms with Crippen molar-refractivity contribution in [2.75, 3.05) is 18.8 Å². The van der Waals surface area contributed by atoms with Crippen molar-refractivity contribution in [1.29, 1.82) is 0 Å². The van der Waals surface area contributed by atoms with E-state index in [0.717, 1.165) is 36.6 Å². The van der Waals surface area contributed by atoms with Gasteiger partial charge in [0.2, 0.25) is 0 Å². The van der Waals surface area contributed by atoms with Crippen molar-refractivity contribution < 1.29 is 4.79 Å². The molecular weight excluding hydrogens is 310 g/mol. The largest absolute Gasteiger partial charge is 0.334 e. The molecule has 0 spiro atoms. The fourth-order valence-electron chi connectivity index (χ4n) is 2.50. The number of nitrogens with one attached hydrogen (secondary N) is 1. The number of urea groups is 1. The van der Waals surface area contributed by atoms with Gasteiger partial charge in [0.25, 0.3) is 0 Å². The molecule has 3 rings (SSSR count). The highest BCUT2D eigenvalue weighted by atomic mass is 32.2. The third-order valence-corrected chi connectivity index (χ3v) is 5.25. The zero-order valence-corrected chi connectivity index (χ0v) is 14.0. The molecule has 0 bridgehead atoms. The third-order valence-electron chi connectivity index (χ3n) is 3.87. The number of aromatic nitrogens is 3. The molecule has 1 atom stereocenters. The molecule has 3 heterocycles. The molecule has 0 saturated carbocycles. The number of rotatable bonds is 4. The van der Waals surface area contributed by atoms with Gasteiger partial charge in [-0.2, -0.15) is 16.9 Å². The monoisotopic (exact) mass is 331 g/mol. The van der Waals surface area contributed by atoms with Gasteiger partial charge in [-0.3, -0.25) is 0 Å². The van der Waals surface area contributed by atoms with Crippen LogP contribution in [0.25, 0.3) is 5.82 Å². The number of nitrogens with zero attached hydrogens (tertiary/aromatic N) is 4. The van der Waals surface area contributed by atoms with Crippen molar-refractivity contribution in [1.82, 2.24) is 25.0 Å². The van der Waals surface area contributed by atoms with Crippen molar-refractivity contribution in [3.8, 4) is 5.82 Å². The van der Waals surface area contributed by atoms with Gasteiger partial charge >= 0.3 is 6.03 Å². The van der Waals surface area contributed by atoms with Crippen LogP contribution in [-0.2, 0) is 6.54 Å². The second-order valence-electron chi connectivity index (χ2n) is 5.48. The minimum absolute atomic E-state index is 0.0138. The highest BCUT2D eigenvalue weighted by molar-refractivity contribution is 8.00. The van der Waals surface area contributed by atoms with Crippen molar-refractivity contribution >= 4 is 17.8 Å². The van der Waals surface area contributed by atoms with Crippen LogP contribution < -0.4 is 5.32 Å². The van der Waals surface area contributed by atoms with E-state index in [1.807, 2.05) is 41.1 Å². The first-order chi connectivity index (χ1) is 11.3. The Morgan fingerprint density at radius 3 is 3.09 bits per heavy atom. The van der Waals surface area contributed by atoms with Gasteiger partial charge in [0.05, 0.1) is 0 Å². The number of hydrogen-bond donors (Lipinski definition) is 1. The SMILES string of the molecule is CC[C@H]1CN(C(=O)NCc2ccc(-n3cccn3)nc2)CCS1. The predicted molar refractivity (Wildman–Crippen MR) is 91.7 cm³/mol. The number of carbonyl (C=O) groups excluding carboxylic acids is 1. The van der Waals surface area contributed by atoms with Gasteiger partial charge < -0.3 is 10.2 Å². The van der Waals surface area contributed by atoms with Crippen LogP contribution in [0.5, 0.6) is 0 Å². The fraction of sp³-hybridized carbons (Fsp3) is 0.438. The van der Waals surface area contributed by atoms with E-state index >= 15 is 0 Å². The summed E-state index contributed by atoms with van der Waals surface area (Å²) in [6, 6.07) is 5.74. The minimum atomic E-state index is 0.0138. The lowest BCUT2D eigenvalue weighted by atomic mass is 10.3. The van der Waals surface area contributed by atoms with Crippen LogP contribution in [0.1, 0.15) is 18.9 Å². The van der Waals surface area contributed by atoms with Crippen LogP contribution in [0.4, 0.5) is 4.79 Å². The van der Waals surface area contributed by atoms with Crippen molar-refractivity contribution in [3.05, 3.63) is 42.4 Å². The molecule has 0 aromatic carbocycles. The fourth-order valence-corrected chi connectivity index (χ4v) is 3.68. The molecule has 0 radical (unpaired) electrons. The average Bonchev–Trinajstić information content (AvgIpc) is 3.15. The Bertz CT molecular complexity index is 628. The van der Waals surface area contributed by atoms with Gasteiger partial charge in [-0.25, -0.2) is 14.5 Å². The molecular formula is C16H21N5OS. The molecule has 6 nitrogen and oxygen atoms in total. The van der Waals surface area contributed by atoms with Crippen LogP contribution in [0.15, 0.2) is 36.8 Å². The Balaban J connectivity index is 1.52. The summed E-state index contributed by atoms with van der Waals surface area (Å²) in [6.07, 6.45) is 6.45. The molecule has 23 heavy (non-hydrogen) atoms. The molecule has 122 valence electrons. The molecule has 0 aliphatic carbocycles. The molecule has 2 aromatic rings. The van der Waals surface area contributed by atoms with Gasteiger partial charge in [0.15, 0.2) is 5.82 Å². The summed E-state index contributed by atoms with van der Waals surface area (Å²) in [6.45, 7) is 4.32. The minimum Gasteiger partial charge on any atom is -0.334 e. The molecule has 7 heteroatoms. The Morgan fingerprint density at radius 1 is 1.48 bits per heavy atom. The second kappa shape index (κ2) is 7.50. The third kappa shape index (κ3) is 4.04. The highest BCUT2D eigenvalue weighted by Gasteiger charge is 2.22. The van der Waals surface area contributed by atoms with Crippen molar-refractivity contribution in [3.63, 3.8) is 0 Å². The molecule has 0 unspecified atom stereocenters. The molecule has 2 aromatic heterocycles. The number of thioether (sulfide) groups is 1. The van der Waals surface area contributed by atoms with E-state index < -0.39 is 0 Å². The summed E-state index contributed by atoms with van der Waals surface area (Å²) in [7, 11) is 0. The first-order valence-corrected chi connectivity index (χ1v) is 8.90. The molecule has 1 saturated heterocycles. The maximum Gasteiger partial charge on any atom is 0.317 e. The van der Waals surface area contributed by atoms with E-state index in [1.54, 1.807) is 17.1 Å². The summed E-state index contributed by atoms with van der Waals surface area (Å²) in [5.41, 5.74) is 0.979. The van der Waals surface area contributed by atoms with E-state index in [0.29, 0.717) is 11.8 Å². The lowest BCUT2D eigenvalue weighted by molar-refractivity contribution is 0.199. The quantitative estimate of drug-likeness (QED) is 0.934. The van der Waals surface area contributed by atoms with Gasteiger partial charge in [0, 0.05) is 49.2 Å². The Hall–Kier alpha value is -2.02. The van der Waals surface area contributed by atoms with Crippen molar-refractivity contribution in [2.24, 2.45) is 0 Å². The van der Waals surface area contributed by atoms with Crippen LogP contribution in [0.3, 0.4) is 0 Å². The van der Waals surface area contributed by atoms with Gasteiger partial charge in [-0.15, -0.1) is 0 Å². The first kappa shape index (κ1) is 15.9. The van der Waals surface area contributed by atoms with E-state index in [1.165, 1.54) is 0 Å². The first-order valence-electron chi connectivity index (χ1n) is 7.85. The van der Waals surface area contributed by atoms with E-state index in [-0.39, 0.29) is 6.03 Å². The summed E-state index contributed by atoms with van der Waals surface area (Å²) < 4.78 is 1.71. The number of amides is 2. The number of pyridine rings is 1. The zero-order valence-electron chi connectivity index (χ0n) is 13.2. The summed E-state index contributed by atoms with van der Waals surface area (Å²) in [4.78, 5) is 18.5.